The Morgan fingerprint density at radius 3 is 2.71 bits per heavy atom. The van der Waals surface area contributed by atoms with Gasteiger partial charge in [-0.2, -0.15) is 0 Å². The fourth-order valence-corrected chi connectivity index (χ4v) is 2.32. The molecule has 2 nitrogen and oxygen atoms in total. The zero-order valence-corrected chi connectivity index (χ0v) is 9.16. The van der Waals surface area contributed by atoms with Gasteiger partial charge in [0, 0.05) is 31.5 Å². The minimum Gasteiger partial charge on any atom is -0.357 e. The summed E-state index contributed by atoms with van der Waals surface area (Å²) < 4.78 is 2.11. The summed E-state index contributed by atoms with van der Waals surface area (Å²) in [7, 11) is 2.08. The van der Waals surface area contributed by atoms with Crippen molar-refractivity contribution in [2.75, 3.05) is 0 Å². The third-order valence-electron chi connectivity index (χ3n) is 3.20. The fraction of sp³-hybridized carbons (Fsp3) is 0.667. The summed E-state index contributed by atoms with van der Waals surface area (Å²) >= 11 is 0. The lowest BCUT2D eigenvalue weighted by molar-refractivity contribution is 0.461. The van der Waals surface area contributed by atoms with Gasteiger partial charge in [0.05, 0.1) is 0 Å². The molecule has 78 valence electrons. The summed E-state index contributed by atoms with van der Waals surface area (Å²) in [6.45, 7) is 2.26. The molecule has 1 aromatic rings. The quantitative estimate of drug-likeness (QED) is 0.779. The molecule has 0 saturated heterocycles. The Morgan fingerprint density at radius 1 is 1.43 bits per heavy atom. The van der Waals surface area contributed by atoms with E-state index < -0.39 is 0 Å². The molecule has 1 aliphatic carbocycles. The minimum atomic E-state index is 0.499. The van der Waals surface area contributed by atoms with Crippen molar-refractivity contribution in [3.05, 3.63) is 24.0 Å². The number of hydrogen-bond acceptors (Lipinski definition) is 1. The average molecular weight is 192 g/mol. The molecule has 1 atom stereocenters. The van der Waals surface area contributed by atoms with Gasteiger partial charge in [-0.3, -0.25) is 0 Å². The highest BCUT2D eigenvalue weighted by Crippen LogP contribution is 2.21. The van der Waals surface area contributed by atoms with Gasteiger partial charge in [-0.15, -0.1) is 0 Å². The number of nitrogens with one attached hydrogen (secondary N) is 1. The Balaban J connectivity index is 1.91. The summed E-state index contributed by atoms with van der Waals surface area (Å²) in [5.74, 6) is 0. The van der Waals surface area contributed by atoms with Crippen LogP contribution in [-0.4, -0.2) is 10.6 Å². The Kier molecular flexibility index (Phi) is 2.92. The number of hydrogen-bond donors (Lipinski definition) is 1. The van der Waals surface area contributed by atoms with E-state index in [1.807, 2.05) is 0 Å². The predicted octanol–water partition coefficient (Wildman–Crippen LogP) is 2.62. The van der Waals surface area contributed by atoms with Crippen LogP contribution in [0.4, 0.5) is 0 Å². The monoisotopic (exact) mass is 192 g/mol. The first kappa shape index (κ1) is 9.78. The lowest BCUT2D eigenvalue weighted by atomic mass is 10.1. The smallest absolute Gasteiger partial charge is 0.0309 e. The average Bonchev–Trinajstić information content (AvgIpc) is 2.75. The molecule has 0 aliphatic heterocycles. The minimum absolute atomic E-state index is 0.499. The second kappa shape index (κ2) is 4.18. The first-order valence-electron chi connectivity index (χ1n) is 5.63. The summed E-state index contributed by atoms with van der Waals surface area (Å²) in [5.41, 5.74) is 1.40. The van der Waals surface area contributed by atoms with Gasteiger partial charge in [0.1, 0.15) is 0 Å². The van der Waals surface area contributed by atoms with Crippen molar-refractivity contribution in [1.29, 1.82) is 0 Å². The van der Waals surface area contributed by atoms with Gasteiger partial charge >= 0.3 is 0 Å². The summed E-state index contributed by atoms with van der Waals surface area (Å²) in [5, 5.41) is 3.70. The normalized spacial score (nSPS) is 20.1. The molecule has 14 heavy (non-hydrogen) atoms. The molecule has 0 bridgehead atoms. The van der Waals surface area contributed by atoms with Crippen LogP contribution in [0.25, 0.3) is 0 Å². The molecule has 1 fully saturated rings. The van der Waals surface area contributed by atoms with E-state index in [9.17, 15) is 0 Å². The van der Waals surface area contributed by atoms with Gasteiger partial charge < -0.3 is 9.88 Å². The van der Waals surface area contributed by atoms with Gasteiger partial charge in [0.25, 0.3) is 0 Å². The zero-order valence-electron chi connectivity index (χ0n) is 9.16. The van der Waals surface area contributed by atoms with Gasteiger partial charge in [0.2, 0.25) is 0 Å². The highest BCUT2D eigenvalue weighted by atomic mass is 15.0. The van der Waals surface area contributed by atoms with E-state index in [0.29, 0.717) is 6.04 Å². The maximum absolute atomic E-state index is 3.70. The summed E-state index contributed by atoms with van der Waals surface area (Å²) in [6.07, 6.45) is 9.83. The molecule has 1 N–H and O–H groups in total. The summed E-state index contributed by atoms with van der Waals surface area (Å²) in [4.78, 5) is 0. The van der Waals surface area contributed by atoms with Crippen LogP contribution < -0.4 is 5.32 Å². The molecule has 2 heteroatoms. The van der Waals surface area contributed by atoms with Crippen LogP contribution in [0.15, 0.2) is 18.5 Å². The maximum atomic E-state index is 3.70. The van der Waals surface area contributed by atoms with Crippen LogP contribution >= 0.6 is 0 Å². The Morgan fingerprint density at radius 2 is 2.14 bits per heavy atom. The van der Waals surface area contributed by atoms with E-state index in [4.69, 9.17) is 0 Å². The standard InChI is InChI=1S/C12H20N2/c1-10(11-7-8-14(2)9-11)13-12-5-3-4-6-12/h7-10,12-13H,3-6H2,1-2H3. The zero-order chi connectivity index (χ0) is 9.97. The molecule has 0 radical (unpaired) electrons. The van der Waals surface area contributed by atoms with E-state index in [1.54, 1.807) is 0 Å². The first-order valence-corrected chi connectivity index (χ1v) is 5.63. The van der Waals surface area contributed by atoms with Crippen LogP contribution in [0.3, 0.4) is 0 Å². The van der Waals surface area contributed by atoms with Gasteiger partial charge in [-0.05, 0) is 31.4 Å². The Hall–Kier alpha value is -0.760. The lowest BCUT2D eigenvalue weighted by Gasteiger charge is -2.18. The van der Waals surface area contributed by atoms with Crippen molar-refractivity contribution in [2.24, 2.45) is 7.05 Å². The third kappa shape index (κ3) is 2.18. The largest absolute Gasteiger partial charge is 0.357 e. The third-order valence-corrected chi connectivity index (χ3v) is 3.20. The topological polar surface area (TPSA) is 17.0 Å². The highest BCUT2D eigenvalue weighted by molar-refractivity contribution is 5.14. The van der Waals surface area contributed by atoms with Crippen LogP contribution in [0, 0.1) is 0 Å². The van der Waals surface area contributed by atoms with E-state index in [0.717, 1.165) is 6.04 Å². The molecule has 0 amide bonds. The molecule has 1 unspecified atom stereocenters. The van der Waals surface area contributed by atoms with Gasteiger partial charge in [-0.1, -0.05) is 12.8 Å². The van der Waals surface area contributed by atoms with Crippen LogP contribution in [0.1, 0.15) is 44.2 Å². The SMILES string of the molecule is CC(NC1CCCC1)c1ccn(C)c1. The number of rotatable bonds is 3. The van der Waals surface area contributed by atoms with Crippen molar-refractivity contribution in [3.8, 4) is 0 Å². The van der Waals surface area contributed by atoms with Crippen molar-refractivity contribution >= 4 is 0 Å². The maximum Gasteiger partial charge on any atom is 0.0309 e. The molecule has 2 rings (SSSR count). The lowest BCUT2D eigenvalue weighted by Crippen LogP contribution is -2.28. The number of aromatic nitrogens is 1. The number of aryl methyl sites for hydroxylation is 1. The van der Waals surface area contributed by atoms with Crippen LogP contribution in [0.5, 0.6) is 0 Å². The van der Waals surface area contributed by atoms with E-state index in [1.165, 1.54) is 31.2 Å². The van der Waals surface area contributed by atoms with Crippen molar-refractivity contribution in [2.45, 2.75) is 44.7 Å². The van der Waals surface area contributed by atoms with E-state index in [-0.39, 0.29) is 0 Å². The van der Waals surface area contributed by atoms with Gasteiger partial charge in [-0.25, -0.2) is 0 Å². The van der Waals surface area contributed by atoms with Crippen molar-refractivity contribution in [3.63, 3.8) is 0 Å². The molecule has 1 saturated carbocycles. The second-order valence-corrected chi connectivity index (χ2v) is 4.48. The fourth-order valence-electron chi connectivity index (χ4n) is 2.32. The Bertz CT molecular complexity index is 284. The molecular formula is C12H20N2. The highest BCUT2D eigenvalue weighted by Gasteiger charge is 2.17. The Labute approximate surface area is 86.3 Å². The first-order chi connectivity index (χ1) is 6.75. The van der Waals surface area contributed by atoms with E-state index in [2.05, 4.69) is 42.3 Å². The van der Waals surface area contributed by atoms with E-state index >= 15 is 0 Å². The van der Waals surface area contributed by atoms with Crippen molar-refractivity contribution < 1.29 is 0 Å². The summed E-state index contributed by atoms with van der Waals surface area (Å²) in [6, 6.07) is 3.46. The molecule has 1 aromatic heterocycles. The molecular weight excluding hydrogens is 172 g/mol. The van der Waals surface area contributed by atoms with Crippen molar-refractivity contribution in [1.82, 2.24) is 9.88 Å². The second-order valence-electron chi connectivity index (χ2n) is 4.48. The van der Waals surface area contributed by atoms with Crippen LogP contribution in [-0.2, 0) is 7.05 Å². The molecule has 0 spiro atoms. The molecule has 1 heterocycles. The predicted molar refractivity (Wildman–Crippen MR) is 59.2 cm³/mol. The molecule has 0 aromatic carbocycles. The molecule has 1 aliphatic rings. The van der Waals surface area contributed by atoms with Gasteiger partial charge in [0.15, 0.2) is 0 Å². The van der Waals surface area contributed by atoms with Crippen LogP contribution in [0.2, 0.25) is 0 Å². The number of nitrogens with zero attached hydrogens (tertiary/aromatic N) is 1.